The number of fused-ring (bicyclic) bond motifs is 2. The molecule has 4 aromatic rings. The zero-order chi connectivity index (χ0) is 20.7. The number of ketones is 1. The van der Waals surface area contributed by atoms with Gasteiger partial charge in [0.1, 0.15) is 0 Å². The van der Waals surface area contributed by atoms with Crippen LogP contribution in [0.25, 0.3) is 22.3 Å². The number of aliphatic hydroxyl groups is 1. The first-order valence-electron chi connectivity index (χ1n) is 9.43. The number of aliphatic hydroxyl groups excluding tert-OH is 1. The van der Waals surface area contributed by atoms with Crippen LogP contribution in [0.15, 0.2) is 54.7 Å². The number of rotatable bonds is 5. The summed E-state index contributed by atoms with van der Waals surface area (Å²) in [5.74, 6) is 1.10. The fourth-order valence-corrected chi connectivity index (χ4v) is 4.25. The molecule has 0 radical (unpaired) electrons. The maximum atomic E-state index is 12.8. The Kier molecular flexibility index (Phi) is 4.61. The fraction of sp³-hybridized carbons (Fsp3) is 0.130. The predicted octanol–water partition coefficient (Wildman–Crippen LogP) is 4.49. The summed E-state index contributed by atoms with van der Waals surface area (Å²) in [4.78, 5) is 19.6. The molecule has 0 amide bonds. The highest BCUT2D eigenvalue weighted by Gasteiger charge is 2.17. The molecule has 0 bridgehead atoms. The van der Waals surface area contributed by atoms with E-state index in [2.05, 4.69) is 0 Å². The minimum Gasteiger partial charge on any atom is -0.454 e. The molecule has 30 heavy (non-hydrogen) atoms. The molecule has 3 heterocycles. The lowest BCUT2D eigenvalue weighted by Gasteiger charge is -2.03. The van der Waals surface area contributed by atoms with Crippen molar-refractivity contribution in [3.8, 4) is 22.8 Å². The van der Waals surface area contributed by atoms with Gasteiger partial charge in [-0.3, -0.25) is 9.20 Å². The van der Waals surface area contributed by atoms with Gasteiger partial charge in [-0.25, -0.2) is 4.98 Å². The Morgan fingerprint density at radius 3 is 2.80 bits per heavy atom. The summed E-state index contributed by atoms with van der Waals surface area (Å²) < 4.78 is 12.7. The van der Waals surface area contributed by atoms with E-state index in [0.29, 0.717) is 17.1 Å². The number of imidazole rings is 1. The fourth-order valence-electron chi connectivity index (χ4n) is 3.41. The quantitative estimate of drug-likeness (QED) is 0.382. The number of hydrogen-bond donors (Lipinski definition) is 1. The van der Waals surface area contributed by atoms with Crippen molar-refractivity contribution < 1.29 is 19.4 Å². The summed E-state index contributed by atoms with van der Waals surface area (Å²) in [6.45, 7) is 2.20. The highest BCUT2D eigenvalue weighted by molar-refractivity contribution is 7.17. The molecule has 150 valence electrons. The molecule has 7 heteroatoms. The molecule has 0 saturated carbocycles. The van der Waals surface area contributed by atoms with Gasteiger partial charge in [0, 0.05) is 22.2 Å². The van der Waals surface area contributed by atoms with Gasteiger partial charge in [-0.05, 0) is 42.8 Å². The maximum Gasteiger partial charge on any atom is 0.231 e. The second kappa shape index (κ2) is 7.44. The van der Waals surface area contributed by atoms with Crippen molar-refractivity contribution in [2.75, 3.05) is 6.79 Å². The summed E-state index contributed by atoms with van der Waals surface area (Å²) in [6.07, 6.45) is 5.37. The molecular formula is C23H18N2O4S. The van der Waals surface area contributed by atoms with Crippen molar-refractivity contribution in [1.29, 1.82) is 0 Å². The first-order valence-corrected chi connectivity index (χ1v) is 10.2. The molecule has 0 fully saturated rings. The number of aromatic nitrogens is 2. The third-order valence-corrected chi connectivity index (χ3v) is 5.84. The van der Waals surface area contributed by atoms with E-state index in [0.717, 1.165) is 32.4 Å². The van der Waals surface area contributed by atoms with Crippen LogP contribution in [-0.2, 0) is 6.61 Å². The number of ether oxygens (including phenoxy) is 2. The number of thiazole rings is 1. The molecule has 6 nitrogen and oxygen atoms in total. The highest BCUT2D eigenvalue weighted by atomic mass is 32.1. The average molecular weight is 418 g/mol. The number of carbonyl (C=O) groups is 1. The van der Waals surface area contributed by atoms with E-state index in [4.69, 9.17) is 14.5 Å². The SMILES string of the molecule is Cc1cn2c(/C=C/C(=O)c3ccc4c(c3)OCO4)c(-c3ccc(CO)cc3)nc2s1. The Labute approximate surface area is 176 Å². The lowest BCUT2D eigenvalue weighted by molar-refractivity contribution is 0.104. The summed E-state index contributed by atoms with van der Waals surface area (Å²) >= 11 is 1.60. The normalized spacial score (nSPS) is 12.9. The third kappa shape index (κ3) is 3.28. The first kappa shape index (κ1) is 18.6. The molecule has 0 saturated heterocycles. The molecular weight excluding hydrogens is 400 g/mol. The van der Waals surface area contributed by atoms with E-state index < -0.39 is 0 Å². The van der Waals surface area contributed by atoms with Crippen molar-refractivity contribution in [1.82, 2.24) is 9.38 Å². The van der Waals surface area contributed by atoms with Gasteiger partial charge < -0.3 is 14.6 Å². The van der Waals surface area contributed by atoms with Crippen molar-refractivity contribution in [3.63, 3.8) is 0 Å². The molecule has 0 spiro atoms. The van der Waals surface area contributed by atoms with Gasteiger partial charge in [0.05, 0.1) is 18.0 Å². The molecule has 1 N–H and O–H groups in total. The van der Waals surface area contributed by atoms with Crippen LogP contribution in [0.5, 0.6) is 11.5 Å². The van der Waals surface area contributed by atoms with Crippen molar-refractivity contribution in [3.05, 3.63) is 76.4 Å². The zero-order valence-corrected chi connectivity index (χ0v) is 17.0. The largest absolute Gasteiger partial charge is 0.454 e. The monoisotopic (exact) mass is 418 g/mol. The minimum absolute atomic E-state index is 0.00541. The number of hydrogen-bond acceptors (Lipinski definition) is 6. The lowest BCUT2D eigenvalue weighted by Crippen LogP contribution is -1.95. The Morgan fingerprint density at radius 1 is 1.20 bits per heavy atom. The van der Waals surface area contributed by atoms with Crippen LogP contribution in [-0.4, -0.2) is 27.1 Å². The summed E-state index contributed by atoms with van der Waals surface area (Å²) in [5, 5.41) is 9.29. The Balaban J connectivity index is 1.53. The van der Waals surface area contributed by atoms with Gasteiger partial charge >= 0.3 is 0 Å². The summed E-state index contributed by atoms with van der Waals surface area (Å²) in [6, 6.07) is 12.8. The number of nitrogens with zero attached hydrogens (tertiary/aromatic N) is 2. The van der Waals surface area contributed by atoms with E-state index in [1.807, 2.05) is 41.8 Å². The van der Waals surface area contributed by atoms with Gasteiger partial charge in [-0.2, -0.15) is 0 Å². The van der Waals surface area contributed by atoms with E-state index in [-0.39, 0.29) is 19.2 Å². The third-order valence-electron chi connectivity index (χ3n) is 4.94. The van der Waals surface area contributed by atoms with E-state index in [1.54, 1.807) is 41.7 Å². The average Bonchev–Trinajstić information content (AvgIpc) is 3.45. The smallest absolute Gasteiger partial charge is 0.231 e. The predicted molar refractivity (Wildman–Crippen MR) is 115 cm³/mol. The van der Waals surface area contributed by atoms with Crippen LogP contribution in [0.3, 0.4) is 0 Å². The van der Waals surface area contributed by atoms with Crippen molar-refractivity contribution in [2.24, 2.45) is 0 Å². The number of carbonyl (C=O) groups excluding carboxylic acids is 1. The molecule has 1 aliphatic heterocycles. The van der Waals surface area contributed by atoms with Crippen LogP contribution in [0.4, 0.5) is 0 Å². The molecule has 2 aromatic heterocycles. The van der Waals surface area contributed by atoms with Gasteiger partial charge in [-0.1, -0.05) is 24.3 Å². The van der Waals surface area contributed by atoms with Gasteiger partial charge in [-0.15, -0.1) is 11.3 Å². The molecule has 1 aliphatic rings. The Bertz CT molecular complexity index is 1280. The number of allylic oxidation sites excluding steroid dienone is 1. The Morgan fingerprint density at radius 2 is 2.00 bits per heavy atom. The number of aryl methyl sites for hydroxylation is 1. The summed E-state index contributed by atoms with van der Waals surface area (Å²) in [7, 11) is 0. The molecule has 2 aromatic carbocycles. The lowest BCUT2D eigenvalue weighted by atomic mass is 10.1. The van der Waals surface area contributed by atoms with Crippen LogP contribution in [0.2, 0.25) is 0 Å². The highest BCUT2D eigenvalue weighted by Crippen LogP contribution is 2.33. The number of benzene rings is 2. The first-order chi connectivity index (χ1) is 14.6. The van der Waals surface area contributed by atoms with E-state index >= 15 is 0 Å². The maximum absolute atomic E-state index is 12.8. The Hall–Kier alpha value is -3.42. The van der Waals surface area contributed by atoms with Gasteiger partial charge in [0.15, 0.2) is 22.2 Å². The van der Waals surface area contributed by atoms with E-state index in [1.165, 1.54) is 0 Å². The molecule has 0 unspecified atom stereocenters. The zero-order valence-electron chi connectivity index (χ0n) is 16.2. The molecule has 0 aliphatic carbocycles. The van der Waals surface area contributed by atoms with Crippen molar-refractivity contribution in [2.45, 2.75) is 13.5 Å². The van der Waals surface area contributed by atoms with Crippen LogP contribution in [0, 0.1) is 6.92 Å². The standard InChI is InChI=1S/C23H18N2O4S/c1-14-11-25-18(7-8-19(27)17-6-9-20-21(10-17)29-13-28-20)22(24-23(25)30-14)16-4-2-15(12-26)3-5-16/h2-11,26H,12-13H2,1H3/b8-7+. The second-order valence-electron chi connectivity index (χ2n) is 6.96. The van der Waals surface area contributed by atoms with Crippen LogP contribution in [0.1, 0.15) is 26.5 Å². The van der Waals surface area contributed by atoms with Crippen LogP contribution < -0.4 is 9.47 Å². The van der Waals surface area contributed by atoms with Crippen LogP contribution >= 0.6 is 11.3 Å². The van der Waals surface area contributed by atoms with Gasteiger partial charge in [0.2, 0.25) is 6.79 Å². The topological polar surface area (TPSA) is 73.1 Å². The molecule has 0 atom stereocenters. The van der Waals surface area contributed by atoms with E-state index in [9.17, 15) is 9.90 Å². The molecule has 5 rings (SSSR count). The van der Waals surface area contributed by atoms with Crippen molar-refractivity contribution >= 4 is 28.2 Å². The second-order valence-corrected chi connectivity index (χ2v) is 8.17. The summed E-state index contributed by atoms with van der Waals surface area (Å²) in [5.41, 5.74) is 3.92. The van der Waals surface area contributed by atoms with Gasteiger partial charge in [0.25, 0.3) is 0 Å². The minimum atomic E-state index is -0.128.